The number of carbonyl (C=O) groups excluding carboxylic acids is 2. The highest BCUT2D eigenvalue weighted by Crippen LogP contribution is 2.23. The summed E-state index contributed by atoms with van der Waals surface area (Å²) in [6.07, 6.45) is 2.11. The summed E-state index contributed by atoms with van der Waals surface area (Å²) in [5.74, 6) is -0.832. The summed E-state index contributed by atoms with van der Waals surface area (Å²) in [5.41, 5.74) is 1.79. The normalized spacial score (nSPS) is 15.4. The minimum atomic E-state index is -3.97. The van der Waals surface area contributed by atoms with Crippen molar-refractivity contribution in [1.29, 1.82) is 0 Å². The van der Waals surface area contributed by atoms with Crippen molar-refractivity contribution in [3.8, 4) is 5.75 Å². The number of benzene rings is 3. The van der Waals surface area contributed by atoms with Gasteiger partial charge >= 0.3 is 6.09 Å². The standard InChI is InChI=1S/C29H31ClN2O6S/c30-24-12-8-11-23(19-24)21-37-27-15-5-4-14-26(27)28(33)31-39(35,36)18-16-25-13-6-7-17-32(25)29(34)38-20-22-9-2-1-3-10-22/h1-5,8-12,14-15,19,25H,6-7,13,16-18,20-21H2,(H,31,33)/t25-/m1/s1. The molecule has 1 fully saturated rings. The maximum atomic E-state index is 12.9. The number of sulfonamides is 1. The van der Waals surface area contributed by atoms with Crippen molar-refractivity contribution in [1.82, 2.24) is 9.62 Å². The second-order valence-electron chi connectivity index (χ2n) is 9.34. The van der Waals surface area contributed by atoms with E-state index >= 15 is 0 Å². The van der Waals surface area contributed by atoms with Gasteiger partial charge in [-0.2, -0.15) is 0 Å². The Labute approximate surface area is 233 Å². The van der Waals surface area contributed by atoms with E-state index in [0.717, 1.165) is 24.0 Å². The Kier molecular flexibility index (Phi) is 9.84. The van der Waals surface area contributed by atoms with Gasteiger partial charge < -0.3 is 14.4 Å². The Hall–Kier alpha value is -3.56. The van der Waals surface area contributed by atoms with Crippen LogP contribution in [0.25, 0.3) is 0 Å². The van der Waals surface area contributed by atoms with Crippen molar-refractivity contribution in [3.63, 3.8) is 0 Å². The SMILES string of the molecule is O=C(NS(=O)(=O)CC[C@H]1CCCCN1C(=O)OCc1ccccc1)c1ccccc1OCc1cccc(Cl)c1. The van der Waals surface area contributed by atoms with Gasteiger partial charge in [0.05, 0.1) is 11.3 Å². The fourth-order valence-electron chi connectivity index (χ4n) is 4.45. The summed E-state index contributed by atoms with van der Waals surface area (Å²) in [5, 5.41) is 0.564. The summed E-state index contributed by atoms with van der Waals surface area (Å²) < 4.78 is 39.1. The molecule has 0 aromatic heterocycles. The van der Waals surface area contributed by atoms with E-state index in [1.54, 1.807) is 41.3 Å². The van der Waals surface area contributed by atoms with Gasteiger partial charge in [-0.05, 0) is 61.1 Å². The molecule has 2 amide bonds. The topological polar surface area (TPSA) is 102 Å². The Morgan fingerprint density at radius 3 is 2.46 bits per heavy atom. The van der Waals surface area contributed by atoms with Crippen LogP contribution in [0.2, 0.25) is 5.02 Å². The molecule has 10 heteroatoms. The molecular formula is C29H31ClN2O6S. The number of rotatable bonds is 10. The Morgan fingerprint density at radius 2 is 1.67 bits per heavy atom. The number of para-hydroxylation sites is 1. The van der Waals surface area contributed by atoms with Crippen LogP contribution in [0, 0.1) is 0 Å². The van der Waals surface area contributed by atoms with Gasteiger partial charge in [0.1, 0.15) is 19.0 Å². The number of hydrogen-bond donors (Lipinski definition) is 1. The number of likely N-dealkylation sites (tertiary alicyclic amines) is 1. The first-order valence-electron chi connectivity index (χ1n) is 12.8. The lowest BCUT2D eigenvalue weighted by Gasteiger charge is -2.34. The fraction of sp³-hybridized carbons (Fsp3) is 0.310. The van der Waals surface area contributed by atoms with Crippen LogP contribution in [-0.4, -0.2) is 43.7 Å². The molecule has 3 aromatic carbocycles. The Balaban J connectivity index is 1.33. The third-order valence-corrected chi connectivity index (χ3v) is 7.95. The van der Waals surface area contributed by atoms with E-state index in [9.17, 15) is 18.0 Å². The van der Waals surface area contributed by atoms with Crippen LogP contribution in [0.3, 0.4) is 0 Å². The molecular weight excluding hydrogens is 540 g/mol. The predicted molar refractivity (Wildman–Crippen MR) is 149 cm³/mol. The Morgan fingerprint density at radius 1 is 0.923 bits per heavy atom. The lowest BCUT2D eigenvalue weighted by atomic mass is 10.0. The van der Waals surface area contributed by atoms with E-state index in [2.05, 4.69) is 4.72 Å². The lowest BCUT2D eigenvalue weighted by Crippen LogP contribution is -2.45. The van der Waals surface area contributed by atoms with E-state index in [1.807, 2.05) is 36.4 Å². The van der Waals surface area contributed by atoms with E-state index in [1.165, 1.54) is 6.07 Å². The summed E-state index contributed by atoms with van der Waals surface area (Å²) >= 11 is 6.02. The number of piperidine rings is 1. The quantitative estimate of drug-likeness (QED) is 0.342. The van der Waals surface area contributed by atoms with Gasteiger partial charge in [-0.15, -0.1) is 0 Å². The molecule has 1 aliphatic rings. The number of halogens is 1. The number of ether oxygens (including phenoxy) is 2. The zero-order valence-corrected chi connectivity index (χ0v) is 23.0. The molecule has 3 aromatic rings. The number of hydrogen-bond acceptors (Lipinski definition) is 6. The van der Waals surface area contributed by atoms with E-state index in [-0.39, 0.29) is 42.7 Å². The maximum absolute atomic E-state index is 12.9. The molecule has 0 bridgehead atoms. The molecule has 0 unspecified atom stereocenters. The van der Waals surface area contributed by atoms with Gasteiger partial charge in [0.2, 0.25) is 10.0 Å². The lowest BCUT2D eigenvalue weighted by molar-refractivity contribution is 0.0672. The Bertz CT molecular complexity index is 1380. The van der Waals surface area contributed by atoms with Crippen LogP contribution >= 0.6 is 11.6 Å². The van der Waals surface area contributed by atoms with Crippen LogP contribution in [-0.2, 0) is 28.0 Å². The molecule has 1 saturated heterocycles. The van der Waals surface area contributed by atoms with E-state index < -0.39 is 22.0 Å². The molecule has 0 spiro atoms. The predicted octanol–water partition coefficient (Wildman–Crippen LogP) is 5.56. The highest BCUT2D eigenvalue weighted by atomic mass is 35.5. The fourth-order valence-corrected chi connectivity index (χ4v) is 5.74. The molecule has 8 nitrogen and oxygen atoms in total. The number of nitrogens with zero attached hydrogens (tertiary/aromatic N) is 1. The highest BCUT2D eigenvalue weighted by molar-refractivity contribution is 7.90. The second kappa shape index (κ2) is 13.5. The number of nitrogens with one attached hydrogen (secondary N) is 1. The van der Waals surface area contributed by atoms with Crippen LogP contribution < -0.4 is 9.46 Å². The molecule has 0 radical (unpaired) electrons. The van der Waals surface area contributed by atoms with E-state index in [4.69, 9.17) is 21.1 Å². The molecule has 1 aliphatic heterocycles. The van der Waals surface area contributed by atoms with Crippen LogP contribution in [0.15, 0.2) is 78.9 Å². The molecule has 206 valence electrons. The summed E-state index contributed by atoms with van der Waals surface area (Å²) in [4.78, 5) is 27.3. The van der Waals surface area contributed by atoms with Gasteiger partial charge in [-0.1, -0.05) is 66.2 Å². The minimum absolute atomic E-state index is 0.104. The molecule has 0 saturated carbocycles. The third kappa shape index (κ3) is 8.46. The van der Waals surface area contributed by atoms with Crippen molar-refractivity contribution in [2.75, 3.05) is 12.3 Å². The molecule has 0 aliphatic carbocycles. The van der Waals surface area contributed by atoms with Crippen LogP contribution in [0.5, 0.6) is 5.75 Å². The van der Waals surface area contributed by atoms with Crippen molar-refractivity contribution in [3.05, 3.63) is 101 Å². The van der Waals surface area contributed by atoms with E-state index in [0.29, 0.717) is 18.0 Å². The van der Waals surface area contributed by atoms with Crippen LogP contribution in [0.1, 0.15) is 47.2 Å². The van der Waals surface area contributed by atoms with Crippen molar-refractivity contribution in [2.45, 2.75) is 44.9 Å². The van der Waals surface area contributed by atoms with Gasteiger partial charge in [-0.25, -0.2) is 17.9 Å². The van der Waals surface area contributed by atoms with Gasteiger partial charge in [-0.3, -0.25) is 4.79 Å². The van der Waals surface area contributed by atoms with Crippen molar-refractivity contribution in [2.24, 2.45) is 0 Å². The largest absolute Gasteiger partial charge is 0.488 e. The number of carbonyl (C=O) groups is 2. The molecule has 4 rings (SSSR count). The van der Waals surface area contributed by atoms with Gasteiger partial charge in [0.15, 0.2) is 0 Å². The highest BCUT2D eigenvalue weighted by Gasteiger charge is 2.30. The smallest absolute Gasteiger partial charge is 0.410 e. The summed E-state index contributed by atoms with van der Waals surface area (Å²) in [6, 6.07) is 22.7. The summed E-state index contributed by atoms with van der Waals surface area (Å²) in [6.45, 7) is 0.813. The first-order valence-corrected chi connectivity index (χ1v) is 14.8. The van der Waals surface area contributed by atoms with Gasteiger partial charge in [0.25, 0.3) is 5.91 Å². The zero-order valence-electron chi connectivity index (χ0n) is 21.4. The third-order valence-electron chi connectivity index (χ3n) is 6.45. The maximum Gasteiger partial charge on any atom is 0.410 e. The summed E-state index contributed by atoms with van der Waals surface area (Å²) in [7, 11) is -3.97. The minimum Gasteiger partial charge on any atom is -0.488 e. The first-order chi connectivity index (χ1) is 18.8. The zero-order chi connectivity index (χ0) is 27.7. The average molecular weight is 571 g/mol. The van der Waals surface area contributed by atoms with Crippen molar-refractivity contribution >= 4 is 33.6 Å². The second-order valence-corrected chi connectivity index (χ2v) is 11.6. The molecule has 39 heavy (non-hydrogen) atoms. The monoisotopic (exact) mass is 570 g/mol. The van der Waals surface area contributed by atoms with Crippen LogP contribution in [0.4, 0.5) is 4.79 Å². The molecule has 1 heterocycles. The first kappa shape index (κ1) is 28.4. The number of amides is 2. The molecule has 1 atom stereocenters. The average Bonchev–Trinajstić information content (AvgIpc) is 2.94. The molecule has 1 N–H and O–H groups in total. The van der Waals surface area contributed by atoms with Gasteiger partial charge in [0, 0.05) is 17.6 Å². The van der Waals surface area contributed by atoms with Crippen molar-refractivity contribution < 1.29 is 27.5 Å².